The van der Waals surface area contributed by atoms with Crippen molar-refractivity contribution < 1.29 is 19.5 Å². The Hall–Kier alpha value is -4.19. The van der Waals surface area contributed by atoms with E-state index in [1.807, 2.05) is 60.7 Å². The number of carbonyl (C=O) groups excluding carboxylic acids is 2. The van der Waals surface area contributed by atoms with E-state index in [2.05, 4.69) is 11.9 Å². The van der Waals surface area contributed by atoms with Crippen LogP contribution in [0.5, 0.6) is 0 Å². The van der Waals surface area contributed by atoms with Crippen LogP contribution in [0.25, 0.3) is 0 Å². The molecular weight excluding hydrogens is 392 g/mol. The highest BCUT2D eigenvalue weighted by atomic mass is 16.4. The number of nitrogens with zero attached hydrogens (tertiary/aromatic N) is 1. The molecule has 0 heterocycles. The van der Waals surface area contributed by atoms with Gasteiger partial charge in [0.05, 0.1) is 11.1 Å². The van der Waals surface area contributed by atoms with Gasteiger partial charge in [0.1, 0.15) is 0 Å². The summed E-state index contributed by atoms with van der Waals surface area (Å²) in [6.07, 6.45) is 1.10. The van der Waals surface area contributed by atoms with Gasteiger partial charge < -0.3 is 15.3 Å². The second-order valence-electron chi connectivity index (χ2n) is 6.89. The van der Waals surface area contributed by atoms with Gasteiger partial charge >= 0.3 is 5.97 Å². The number of benzene rings is 3. The van der Waals surface area contributed by atoms with E-state index in [0.717, 1.165) is 17.2 Å². The quantitative estimate of drug-likeness (QED) is 0.537. The Balaban J connectivity index is 2.00. The van der Waals surface area contributed by atoms with Gasteiger partial charge in [0.2, 0.25) is 5.91 Å². The monoisotopic (exact) mass is 414 g/mol. The molecule has 0 aromatic heterocycles. The maximum absolute atomic E-state index is 13.5. The number of hydrogen-bond donors (Lipinski definition) is 2. The van der Waals surface area contributed by atoms with Crippen LogP contribution in [0.3, 0.4) is 0 Å². The SMILES string of the molecule is C=CC(=O)Nc1ccc(C(=O)O)c(C(=O)N(Cc2ccccc2)Cc2ccccc2)c1. The van der Waals surface area contributed by atoms with Crippen LogP contribution in [-0.4, -0.2) is 27.8 Å². The Morgan fingerprint density at radius 2 is 1.39 bits per heavy atom. The van der Waals surface area contributed by atoms with E-state index in [-0.39, 0.29) is 11.1 Å². The molecule has 0 bridgehead atoms. The van der Waals surface area contributed by atoms with E-state index in [1.165, 1.54) is 18.2 Å². The average molecular weight is 414 g/mol. The Morgan fingerprint density at radius 1 is 0.839 bits per heavy atom. The van der Waals surface area contributed by atoms with Crippen molar-refractivity contribution in [3.05, 3.63) is 114 Å². The molecule has 3 aromatic carbocycles. The predicted molar refractivity (Wildman–Crippen MR) is 119 cm³/mol. The smallest absolute Gasteiger partial charge is 0.336 e. The zero-order chi connectivity index (χ0) is 22.2. The van der Waals surface area contributed by atoms with Crippen LogP contribution in [-0.2, 0) is 17.9 Å². The Morgan fingerprint density at radius 3 is 1.87 bits per heavy atom. The maximum atomic E-state index is 13.5. The summed E-state index contributed by atoms with van der Waals surface area (Å²) in [5.41, 5.74) is 2.02. The Labute approximate surface area is 180 Å². The van der Waals surface area contributed by atoms with Crippen LogP contribution in [0, 0.1) is 0 Å². The third-order valence-corrected chi connectivity index (χ3v) is 4.65. The molecule has 31 heavy (non-hydrogen) atoms. The van der Waals surface area contributed by atoms with Crippen LogP contribution in [0.2, 0.25) is 0 Å². The third kappa shape index (κ3) is 5.67. The minimum absolute atomic E-state index is 0.00113. The van der Waals surface area contributed by atoms with Gasteiger partial charge in [0, 0.05) is 18.8 Å². The number of anilines is 1. The zero-order valence-electron chi connectivity index (χ0n) is 16.8. The number of aromatic carboxylic acids is 1. The number of carboxylic acid groups (broad SMARTS) is 1. The van der Waals surface area contributed by atoms with E-state index < -0.39 is 17.8 Å². The lowest BCUT2D eigenvalue weighted by atomic mass is 10.0. The molecule has 0 fully saturated rings. The summed E-state index contributed by atoms with van der Waals surface area (Å²) in [4.78, 5) is 38.5. The summed E-state index contributed by atoms with van der Waals surface area (Å²) in [6.45, 7) is 4.01. The molecule has 0 spiro atoms. The zero-order valence-corrected chi connectivity index (χ0v) is 16.8. The van der Waals surface area contributed by atoms with Crippen molar-refractivity contribution in [2.24, 2.45) is 0 Å². The standard InChI is InChI=1S/C25H22N2O4/c1-2-23(28)26-20-13-14-21(25(30)31)22(15-20)24(29)27(16-18-9-5-3-6-10-18)17-19-11-7-4-8-12-19/h2-15H,1,16-17H2,(H,26,28)(H,30,31). The van der Waals surface area contributed by atoms with Gasteiger partial charge in [-0.2, -0.15) is 0 Å². The summed E-state index contributed by atoms with van der Waals surface area (Å²) in [6, 6.07) is 23.1. The minimum atomic E-state index is -1.22. The highest BCUT2D eigenvalue weighted by Gasteiger charge is 2.23. The molecule has 3 rings (SSSR count). The number of nitrogens with one attached hydrogen (secondary N) is 1. The normalized spacial score (nSPS) is 10.2. The van der Waals surface area contributed by atoms with Crippen molar-refractivity contribution in [2.45, 2.75) is 13.1 Å². The molecule has 2 N–H and O–H groups in total. The number of carboxylic acids is 1. The molecule has 0 aliphatic carbocycles. The molecule has 0 aliphatic rings. The van der Waals surface area contributed by atoms with Crippen LogP contribution >= 0.6 is 0 Å². The number of hydrogen-bond acceptors (Lipinski definition) is 3. The number of amides is 2. The number of carbonyl (C=O) groups is 3. The van der Waals surface area contributed by atoms with Crippen molar-refractivity contribution in [2.75, 3.05) is 5.32 Å². The summed E-state index contributed by atoms with van der Waals surface area (Å²) in [5, 5.41) is 12.2. The predicted octanol–water partition coefficient (Wildman–Crippen LogP) is 4.35. The molecule has 0 atom stereocenters. The lowest BCUT2D eigenvalue weighted by molar-refractivity contribution is -0.111. The Kier molecular flexibility index (Phi) is 6.96. The second-order valence-corrected chi connectivity index (χ2v) is 6.89. The largest absolute Gasteiger partial charge is 0.478 e. The van der Waals surface area contributed by atoms with Crippen LogP contribution < -0.4 is 5.32 Å². The van der Waals surface area contributed by atoms with Crippen molar-refractivity contribution >= 4 is 23.5 Å². The highest BCUT2D eigenvalue weighted by Crippen LogP contribution is 2.21. The van der Waals surface area contributed by atoms with Crippen LogP contribution in [0.1, 0.15) is 31.8 Å². The van der Waals surface area contributed by atoms with Gasteiger partial charge in [0.15, 0.2) is 0 Å². The Bertz CT molecular complexity index is 1050. The van der Waals surface area contributed by atoms with Crippen LogP contribution in [0.15, 0.2) is 91.5 Å². The van der Waals surface area contributed by atoms with Crippen molar-refractivity contribution in [3.8, 4) is 0 Å². The lowest BCUT2D eigenvalue weighted by Gasteiger charge is -2.24. The molecule has 3 aromatic rings. The molecule has 0 radical (unpaired) electrons. The van der Waals surface area contributed by atoms with Gasteiger partial charge in [-0.05, 0) is 35.4 Å². The fraction of sp³-hybridized carbons (Fsp3) is 0.0800. The summed E-state index contributed by atoms with van der Waals surface area (Å²) < 4.78 is 0. The first-order chi connectivity index (χ1) is 15.0. The third-order valence-electron chi connectivity index (χ3n) is 4.65. The molecule has 0 saturated carbocycles. The summed E-state index contributed by atoms with van der Waals surface area (Å²) in [5.74, 6) is -2.11. The van der Waals surface area contributed by atoms with Crippen molar-refractivity contribution in [1.29, 1.82) is 0 Å². The first kappa shape index (κ1) is 21.5. The second kappa shape index (κ2) is 10.0. The summed E-state index contributed by atoms with van der Waals surface area (Å²) >= 11 is 0. The average Bonchev–Trinajstić information content (AvgIpc) is 2.79. The number of rotatable bonds is 8. The highest BCUT2D eigenvalue weighted by molar-refractivity contribution is 6.07. The van der Waals surface area contributed by atoms with E-state index in [4.69, 9.17) is 0 Å². The fourth-order valence-electron chi connectivity index (χ4n) is 3.16. The van der Waals surface area contributed by atoms with Crippen molar-refractivity contribution in [3.63, 3.8) is 0 Å². The molecular formula is C25H22N2O4. The molecule has 6 heteroatoms. The van der Waals surface area contributed by atoms with Gasteiger partial charge in [-0.3, -0.25) is 9.59 Å². The summed E-state index contributed by atoms with van der Waals surface area (Å²) in [7, 11) is 0. The van der Waals surface area contributed by atoms with Crippen LogP contribution in [0.4, 0.5) is 5.69 Å². The lowest BCUT2D eigenvalue weighted by Crippen LogP contribution is -2.31. The van der Waals surface area contributed by atoms with Gasteiger partial charge in [-0.1, -0.05) is 67.2 Å². The maximum Gasteiger partial charge on any atom is 0.336 e. The fourth-order valence-corrected chi connectivity index (χ4v) is 3.16. The van der Waals surface area contributed by atoms with Gasteiger partial charge in [0.25, 0.3) is 5.91 Å². The molecule has 0 unspecified atom stereocenters. The topological polar surface area (TPSA) is 86.7 Å². The van der Waals surface area contributed by atoms with E-state index in [0.29, 0.717) is 18.8 Å². The van der Waals surface area contributed by atoms with E-state index >= 15 is 0 Å². The van der Waals surface area contributed by atoms with E-state index in [1.54, 1.807) is 4.90 Å². The molecule has 2 amide bonds. The first-order valence-corrected chi connectivity index (χ1v) is 9.66. The minimum Gasteiger partial charge on any atom is -0.478 e. The molecule has 0 saturated heterocycles. The van der Waals surface area contributed by atoms with Gasteiger partial charge in [-0.25, -0.2) is 4.79 Å². The van der Waals surface area contributed by atoms with E-state index in [9.17, 15) is 19.5 Å². The van der Waals surface area contributed by atoms with Crippen molar-refractivity contribution in [1.82, 2.24) is 4.90 Å². The molecule has 0 aliphatic heterocycles. The molecule has 156 valence electrons. The molecule has 6 nitrogen and oxygen atoms in total. The first-order valence-electron chi connectivity index (χ1n) is 9.66. The van der Waals surface area contributed by atoms with Gasteiger partial charge in [-0.15, -0.1) is 0 Å².